The van der Waals surface area contributed by atoms with Gasteiger partial charge in [-0.1, -0.05) is 18.2 Å². The quantitative estimate of drug-likeness (QED) is 0.142. The highest BCUT2D eigenvalue weighted by Gasteiger charge is 2.46. The van der Waals surface area contributed by atoms with Crippen LogP contribution in [0.15, 0.2) is 48.5 Å². The lowest BCUT2D eigenvalue weighted by Gasteiger charge is -2.46. The van der Waals surface area contributed by atoms with E-state index in [9.17, 15) is 28.0 Å². The van der Waals surface area contributed by atoms with Gasteiger partial charge in [0.15, 0.2) is 0 Å². The van der Waals surface area contributed by atoms with Crippen molar-refractivity contribution >= 4 is 34.5 Å². The van der Waals surface area contributed by atoms with Crippen LogP contribution in [0.5, 0.6) is 0 Å². The highest BCUT2D eigenvalue weighted by molar-refractivity contribution is 6.23. The van der Waals surface area contributed by atoms with Crippen molar-refractivity contribution in [3.63, 3.8) is 0 Å². The Morgan fingerprint density at radius 3 is 2.13 bits per heavy atom. The number of para-hydroxylation sites is 1. The van der Waals surface area contributed by atoms with E-state index in [-0.39, 0.29) is 29.9 Å². The number of hydrogen-bond donors (Lipinski definition) is 2. The number of likely N-dealkylation sites (tertiary alicyclic amines) is 1. The minimum Gasteiger partial charge on any atom is -0.357 e. The number of piperidine rings is 2. The van der Waals surface area contributed by atoms with Crippen molar-refractivity contribution < 1.29 is 36.7 Å². The summed E-state index contributed by atoms with van der Waals surface area (Å²) < 4.78 is 60.3. The summed E-state index contributed by atoms with van der Waals surface area (Å²) in [6.45, 7) is 5.65. The second-order valence-corrected chi connectivity index (χ2v) is 18.6. The molecule has 4 amide bonds. The van der Waals surface area contributed by atoms with E-state index < -0.39 is 60.3 Å². The van der Waals surface area contributed by atoms with E-state index in [1.807, 2.05) is 43.3 Å². The summed E-state index contributed by atoms with van der Waals surface area (Å²) in [6, 6.07) is 11.7. The monoisotopic (exact) mass is 838 g/mol. The van der Waals surface area contributed by atoms with Crippen molar-refractivity contribution in [2.24, 2.45) is 11.3 Å². The standard InChI is InChI=1S/C47H50F4N6O4/c1-26-16-32-31-4-2-3-5-37(31)52-42(32)43(56(26)25-39(50)51)41-35(48)17-28(18-36(41)49)22-54-14-12-47(13-15-54)10-8-27(9-11-47)21-55-23-29-19-33-34(20-30(29)24-55)46(61)57(45(33)60)38-6-7-40(58)53-44(38)59/h2-5,17-20,26-27,38-39,43,52H,6-16,21-25H2,1H3,(H,53,58,59)/t26-,38?,43-/m1/s1. The number of fused-ring (bicyclic) bond motifs is 5. The normalized spacial score (nSPS) is 24.9. The lowest BCUT2D eigenvalue weighted by atomic mass is 9.65. The Kier molecular flexibility index (Phi) is 10.2. The number of alkyl halides is 2. The average Bonchev–Trinajstić information content (AvgIpc) is 3.87. The van der Waals surface area contributed by atoms with Crippen LogP contribution in [0.1, 0.15) is 119 Å². The van der Waals surface area contributed by atoms with Crippen molar-refractivity contribution in [1.29, 1.82) is 0 Å². The largest absolute Gasteiger partial charge is 0.357 e. The molecule has 3 aromatic carbocycles. The molecule has 10 nitrogen and oxygen atoms in total. The molecule has 320 valence electrons. The average molecular weight is 839 g/mol. The lowest BCUT2D eigenvalue weighted by molar-refractivity contribution is -0.136. The summed E-state index contributed by atoms with van der Waals surface area (Å²) in [5, 5.41) is 3.19. The first-order valence-corrected chi connectivity index (χ1v) is 21.8. The topological polar surface area (TPSA) is 109 Å². The van der Waals surface area contributed by atoms with Crippen molar-refractivity contribution in [3.05, 3.63) is 105 Å². The number of nitrogens with zero attached hydrogens (tertiary/aromatic N) is 4. The van der Waals surface area contributed by atoms with Crippen molar-refractivity contribution in [1.82, 2.24) is 29.9 Å². The fraction of sp³-hybridized carbons (Fsp3) is 0.489. The number of carbonyl (C=O) groups is 4. The Labute approximate surface area is 351 Å². The van der Waals surface area contributed by atoms with Crippen molar-refractivity contribution in [3.8, 4) is 0 Å². The molecular formula is C47H50F4N6O4. The molecule has 3 fully saturated rings. The van der Waals surface area contributed by atoms with Crippen LogP contribution < -0.4 is 5.32 Å². The number of imide groups is 2. The molecule has 0 bridgehead atoms. The van der Waals surface area contributed by atoms with Crippen LogP contribution in [0.4, 0.5) is 17.6 Å². The Hall–Kier alpha value is -4.92. The molecule has 10 rings (SSSR count). The van der Waals surface area contributed by atoms with Gasteiger partial charge in [0.2, 0.25) is 11.8 Å². The molecular weight excluding hydrogens is 789 g/mol. The van der Waals surface area contributed by atoms with Crippen LogP contribution in [0, 0.1) is 23.0 Å². The van der Waals surface area contributed by atoms with Crippen molar-refractivity contribution in [2.45, 2.75) is 109 Å². The minimum absolute atomic E-state index is 0.0844. The summed E-state index contributed by atoms with van der Waals surface area (Å²) in [5.74, 6) is -2.87. The number of amides is 4. The number of hydrogen-bond acceptors (Lipinski definition) is 7. The Bertz CT molecular complexity index is 2380. The van der Waals surface area contributed by atoms with Gasteiger partial charge in [-0.3, -0.25) is 44.1 Å². The van der Waals surface area contributed by atoms with Crippen LogP contribution in [0.25, 0.3) is 10.9 Å². The zero-order valence-electron chi connectivity index (χ0n) is 34.3. The third kappa shape index (κ3) is 7.17. The first-order valence-electron chi connectivity index (χ1n) is 21.8. The number of aromatic amines is 1. The Balaban J connectivity index is 0.744. The third-order valence-electron chi connectivity index (χ3n) is 14.8. The predicted octanol–water partition coefficient (Wildman–Crippen LogP) is 7.24. The first kappa shape index (κ1) is 40.2. The van der Waals surface area contributed by atoms with Gasteiger partial charge in [0, 0.05) is 60.8 Å². The third-order valence-corrected chi connectivity index (χ3v) is 14.8. The molecule has 1 spiro atoms. The van der Waals surface area contributed by atoms with Gasteiger partial charge < -0.3 is 4.98 Å². The number of aromatic nitrogens is 1. The maximum Gasteiger partial charge on any atom is 0.262 e. The van der Waals surface area contributed by atoms with E-state index in [2.05, 4.69) is 20.1 Å². The molecule has 2 N–H and O–H groups in total. The van der Waals surface area contributed by atoms with Crippen LogP contribution in [0.2, 0.25) is 0 Å². The van der Waals surface area contributed by atoms with Gasteiger partial charge in [0.25, 0.3) is 18.2 Å². The van der Waals surface area contributed by atoms with E-state index in [1.165, 1.54) is 17.0 Å². The summed E-state index contributed by atoms with van der Waals surface area (Å²) in [5.41, 5.74) is 5.62. The number of rotatable bonds is 8. The van der Waals surface area contributed by atoms with Gasteiger partial charge in [-0.15, -0.1) is 0 Å². The van der Waals surface area contributed by atoms with Crippen molar-refractivity contribution in [2.75, 3.05) is 26.2 Å². The second-order valence-electron chi connectivity index (χ2n) is 18.6. The predicted molar refractivity (Wildman–Crippen MR) is 219 cm³/mol. The maximum absolute atomic E-state index is 16.2. The van der Waals surface area contributed by atoms with Crippen LogP contribution in [-0.2, 0) is 35.6 Å². The van der Waals surface area contributed by atoms with Gasteiger partial charge in [-0.2, -0.15) is 0 Å². The first-order chi connectivity index (χ1) is 29.3. The molecule has 1 aliphatic carbocycles. The van der Waals surface area contributed by atoms with Crippen LogP contribution >= 0.6 is 0 Å². The zero-order chi connectivity index (χ0) is 42.3. The Morgan fingerprint density at radius 1 is 0.836 bits per heavy atom. The molecule has 1 saturated carbocycles. The number of benzene rings is 3. The molecule has 5 aliphatic heterocycles. The summed E-state index contributed by atoms with van der Waals surface area (Å²) in [6.07, 6.45) is 4.58. The molecule has 1 unspecified atom stereocenters. The van der Waals surface area contributed by atoms with E-state index >= 15 is 8.78 Å². The highest BCUT2D eigenvalue weighted by Crippen LogP contribution is 2.48. The van der Waals surface area contributed by atoms with Gasteiger partial charge >= 0.3 is 0 Å². The molecule has 2 saturated heterocycles. The number of carbonyl (C=O) groups excluding carboxylic acids is 4. The molecule has 4 aromatic rings. The molecule has 6 heterocycles. The fourth-order valence-electron chi connectivity index (χ4n) is 11.6. The lowest BCUT2D eigenvalue weighted by Crippen LogP contribution is -2.54. The van der Waals surface area contributed by atoms with Crippen LogP contribution in [0.3, 0.4) is 0 Å². The smallest absolute Gasteiger partial charge is 0.262 e. The number of nitrogens with one attached hydrogen (secondary N) is 2. The molecule has 0 radical (unpaired) electrons. The number of halogens is 4. The zero-order valence-corrected chi connectivity index (χ0v) is 34.3. The molecule has 6 aliphatic rings. The Morgan fingerprint density at radius 2 is 1.49 bits per heavy atom. The second kappa shape index (κ2) is 15.5. The summed E-state index contributed by atoms with van der Waals surface area (Å²) in [7, 11) is 0. The fourth-order valence-corrected chi connectivity index (χ4v) is 11.6. The highest BCUT2D eigenvalue weighted by atomic mass is 19.3. The molecule has 61 heavy (non-hydrogen) atoms. The summed E-state index contributed by atoms with van der Waals surface area (Å²) in [4.78, 5) is 61.4. The SMILES string of the molecule is C[C@@H]1Cc2c([nH]c3ccccc23)[C@@H](c2c(F)cc(CN3CCC4(CCC(CN5Cc6cc7c(cc6C5)C(=O)N(C5CCC(=O)NC5=O)C7=O)CC4)CC3)cc2F)N1CC(F)F. The van der Waals surface area contributed by atoms with Gasteiger partial charge in [-0.05, 0) is 135 Å². The minimum atomic E-state index is -2.66. The van der Waals surface area contributed by atoms with Crippen LogP contribution in [-0.4, -0.2) is 92.9 Å². The molecule has 1 aromatic heterocycles. The van der Waals surface area contributed by atoms with E-state index in [0.717, 1.165) is 90.7 Å². The maximum atomic E-state index is 16.2. The van der Waals surface area contributed by atoms with Gasteiger partial charge in [0.1, 0.15) is 17.7 Å². The summed E-state index contributed by atoms with van der Waals surface area (Å²) >= 11 is 0. The van der Waals surface area contributed by atoms with E-state index in [4.69, 9.17) is 0 Å². The van der Waals surface area contributed by atoms with Gasteiger partial charge in [0.05, 0.1) is 23.7 Å². The van der Waals surface area contributed by atoms with E-state index in [1.54, 1.807) is 0 Å². The molecule has 3 atom stereocenters. The molecule has 14 heteroatoms. The number of H-pyrrole nitrogens is 1. The van der Waals surface area contributed by atoms with Gasteiger partial charge in [-0.25, -0.2) is 17.6 Å². The van der Waals surface area contributed by atoms with E-state index in [0.29, 0.717) is 54.4 Å².